The Morgan fingerprint density at radius 2 is 2.44 bits per heavy atom. The van der Waals surface area contributed by atoms with E-state index in [4.69, 9.17) is 5.26 Å². The maximum Gasteiger partial charge on any atom is 0.182 e. The first-order valence-corrected chi connectivity index (χ1v) is 3.00. The van der Waals surface area contributed by atoms with E-state index in [2.05, 4.69) is 10.3 Å². The van der Waals surface area contributed by atoms with Crippen molar-refractivity contribution in [2.45, 2.75) is 12.8 Å². The molecule has 0 amide bonds. The fourth-order valence-electron chi connectivity index (χ4n) is 0.755. The Bertz CT molecular complexity index is 162. The van der Waals surface area contributed by atoms with Gasteiger partial charge in [0.25, 0.3) is 0 Å². The summed E-state index contributed by atoms with van der Waals surface area (Å²) in [6.07, 6.45) is 4.22. The first-order valence-electron chi connectivity index (χ1n) is 3.00. The van der Waals surface area contributed by atoms with Gasteiger partial charge in [-0.05, 0) is 12.8 Å². The van der Waals surface area contributed by atoms with Gasteiger partial charge >= 0.3 is 0 Å². The van der Waals surface area contributed by atoms with E-state index in [1.165, 1.54) is 12.8 Å². The monoisotopic (exact) mass is 123 g/mol. The fourth-order valence-corrected chi connectivity index (χ4v) is 0.755. The van der Waals surface area contributed by atoms with Crippen LogP contribution in [0.15, 0.2) is 4.99 Å². The van der Waals surface area contributed by atoms with Crippen LogP contribution in [0.5, 0.6) is 0 Å². The van der Waals surface area contributed by atoms with E-state index in [0.717, 1.165) is 5.84 Å². The summed E-state index contributed by atoms with van der Waals surface area (Å²) in [5.41, 5.74) is 0. The number of nitrogens with one attached hydrogen (secondary N) is 1. The minimum atomic E-state index is 0.551. The second-order valence-electron chi connectivity index (χ2n) is 2.12. The summed E-state index contributed by atoms with van der Waals surface area (Å²) in [5, 5.41) is 10.8. The molecule has 1 aliphatic carbocycles. The van der Waals surface area contributed by atoms with Crippen molar-refractivity contribution in [2.24, 2.45) is 10.9 Å². The first-order chi connectivity index (χ1) is 4.38. The highest BCUT2D eigenvalue weighted by atomic mass is 15.0. The summed E-state index contributed by atoms with van der Waals surface area (Å²) >= 11 is 0. The van der Waals surface area contributed by atoms with Crippen LogP contribution >= 0.6 is 0 Å². The molecule has 0 atom stereocenters. The maximum atomic E-state index is 8.20. The number of rotatable bonds is 1. The van der Waals surface area contributed by atoms with E-state index in [1.54, 1.807) is 7.05 Å². The molecular weight excluding hydrogens is 114 g/mol. The fraction of sp³-hybridized carbons (Fsp3) is 0.667. The van der Waals surface area contributed by atoms with Crippen LogP contribution in [0.1, 0.15) is 12.8 Å². The van der Waals surface area contributed by atoms with Crippen molar-refractivity contribution in [1.29, 1.82) is 5.26 Å². The molecule has 9 heavy (non-hydrogen) atoms. The molecule has 0 aromatic heterocycles. The lowest BCUT2D eigenvalue weighted by Crippen LogP contribution is -2.19. The van der Waals surface area contributed by atoms with Gasteiger partial charge < -0.3 is 0 Å². The van der Waals surface area contributed by atoms with E-state index < -0.39 is 0 Å². The van der Waals surface area contributed by atoms with Crippen molar-refractivity contribution >= 4 is 5.84 Å². The quantitative estimate of drug-likeness (QED) is 0.239. The van der Waals surface area contributed by atoms with Crippen LogP contribution in [-0.4, -0.2) is 12.9 Å². The van der Waals surface area contributed by atoms with Gasteiger partial charge in [0.15, 0.2) is 6.19 Å². The number of hydrogen-bond donors (Lipinski definition) is 1. The number of amidine groups is 1. The molecule has 0 bridgehead atoms. The molecule has 0 unspecified atom stereocenters. The molecule has 0 heterocycles. The van der Waals surface area contributed by atoms with E-state index in [0.29, 0.717) is 5.92 Å². The van der Waals surface area contributed by atoms with Crippen LogP contribution in [0, 0.1) is 17.4 Å². The van der Waals surface area contributed by atoms with Gasteiger partial charge in [-0.1, -0.05) is 0 Å². The van der Waals surface area contributed by atoms with E-state index in [9.17, 15) is 0 Å². The molecule has 1 rings (SSSR count). The highest BCUT2D eigenvalue weighted by Crippen LogP contribution is 2.29. The number of hydrogen-bond acceptors (Lipinski definition) is 2. The standard InChI is InChI=1S/C6H9N3/c1-8-6(9-4-7)5-2-3-5/h5H,2-3H2,1H3,(H,8,9). The third-order valence-corrected chi connectivity index (χ3v) is 1.39. The lowest BCUT2D eigenvalue weighted by Gasteiger charge is -1.95. The topological polar surface area (TPSA) is 48.2 Å². The number of aliphatic imine (C=N–C) groups is 1. The number of nitrogens with zero attached hydrogens (tertiary/aromatic N) is 2. The van der Waals surface area contributed by atoms with Crippen molar-refractivity contribution in [2.75, 3.05) is 7.05 Å². The maximum absolute atomic E-state index is 8.20. The van der Waals surface area contributed by atoms with Crippen LogP contribution in [0.2, 0.25) is 0 Å². The van der Waals surface area contributed by atoms with Gasteiger partial charge in [0.2, 0.25) is 0 Å². The van der Waals surface area contributed by atoms with Crippen molar-refractivity contribution in [3.05, 3.63) is 0 Å². The average molecular weight is 123 g/mol. The molecule has 0 radical (unpaired) electrons. The first kappa shape index (κ1) is 6.09. The highest BCUT2D eigenvalue weighted by molar-refractivity contribution is 5.87. The Hall–Kier alpha value is -1.04. The largest absolute Gasteiger partial charge is 0.280 e. The summed E-state index contributed by atoms with van der Waals surface area (Å²) in [5.74, 6) is 1.40. The Kier molecular flexibility index (Phi) is 1.69. The van der Waals surface area contributed by atoms with Gasteiger partial charge in [0, 0.05) is 13.0 Å². The minimum Gasteiger partial charge on any atom is -0.280 e. The summed E-state index contributed by atoms with van der Waals surface area (Å²) in [6.45, 7) is 0. The molecule has 3 heteroatoms. The SMILES string of the molecule is CN=C(NC#N)C1CC1. The van der Waals surface area contributed by atoms with Gasteiger partial charge in [-0.2, -0.15) is 5.26 Å². The zero-order valence-corrected chi connectivity index (χ0v) is 5.39. The summed E-state index contributed by atoms with van der Waals surface area (Å²) < 4.78 is 0. The van der Waals surface area contributed by atoms with Crippen LogP contribution in [0.25, 0.3) is 0 Å². The van der Waals surface area contributed by atoms with E-state index in [-0.39, 0.29) is 0 Å². The van der Waals surface area contributed by atoms with Crippen molar-refractivity contribution in [1.82, 2.24) is 5.32 Å². The lowest BCUT2D eigenvalue weighted by molar-refractivity contribution is 1.06. The average Bonchev–Trinajstić information content (AvgIpc) is 2.64. The van der Waals surface area contributed by atoms with Crippen molar-refractivity contribution in [3.8, 4) is 6.19 Å². The second kappa shape index (κ2) is 2.49. The van der Waals surface area contributed by atoms with Gasteiger partial charge in [0.05, 0.1) is 0 Å². The van der Waals surface area contributed by atoms with E-state index >= 15 is 0 Å². The molecule has 48 valence electrons. The minimum absolute atomic E-state index is 0.551. The summed E-state index contributed by atoms with van der Waals surface area (Å²) in [7, 11) is 1.71. The predicted octanol–water partition coefficient (Wildman–Crippen LogP) is 0.495. The van der Waals surface area contributed by atoms with Gasteiger partial charge in [0.1, 0.15) is 5.84 Å². The summed E-state index contributed by atoms with van der Waals surface area (Å²) in [6, 6.07) is 0. The molecule has 3 nitrogen and oxygen atoms in total. The molecule has 1 saturated carbocycles. The molecule has 0 saturated heterocycles. The predicted molar refractivity (Wildman–Crippen MR) is 34.8 cm³/mol. The molecule has 1 aliphatic rings. The van der Waals surface area contributed by atoms with Gasteiger partial charge in [-0.25, -0.2) is 0 Å². The normalized spacial score (nSPS) is 18.9. The third-order valence-electron chi connectivity index (χ3n) is 1.39. The summed E-state index contributed by atoms with van der Waals surface area (Å²) in [4.78, 5) is 3.92. The molecule has 0 aromatic carbocycles. The second-order valence-corrected chi connectivity index (χ2v) is 2.12. The smallest absolute Gasteiger partial charge is 0.182 e. The third kappa shape index (κ3) is 1.43. The van der Waals surface area contributed by atoms with Gasteiger partial charge in [-0.15, -0.1) is 0 Å². The van der Waals surface area contributed by atoms with Crippen LogP contribution in [0.4, 0.5) is 0 Å². The van der Waals surface area contributed by atoms with Crippen molar-refractivity contribution in [3.63, 3.8) is 0 Å². The highest BCUT2D eigenvalue weighted by Gasteiger charge is 2.26. The Morgan fingerprint density at radius 3 is 2.78 bits per heavy atom. The molecule has 0 spiro atoms. The Morgan fingerprint density at radius 1 is 1.78 bits per heavy atom. The Balaban J connectivity index is 2.41. The van der Waals surface area contributed by atoms with Crippen LogP contribution in [0.3, 0.4) is 0 Å². The number of nitriles is 1. The molecule has 1 N–H and O–H groups in total. The molecular formula is C6H9N3. The Labute approximate surface area is 54.4 Å². The van der Waals surface area contributed by atoms with E-state index in [1.807, 2.05) is 6.19 Å². The zero-order valence-electron chi connectivity index (χ0n) is 5.39. The molecule has 0 aromatic rings. The molecule has 1 fully saturated rings. The molecule has 0 aliphatic heterocycles. The lowest BCUT2D eigenvalue weighted by atomic mass is 10.4. The zero-order chi connectivity index (χ0) is 6.69. The van der Waals surface area contributed by atoms with Gasteiger partial charge in [-0.3, -0.25) is 10.3 Å². The van der Waals surface area contributed by atoms with Crippen LogP contribution < -0.4 is 5.32 Å². The van der Waals surface area contributed by atoms with Crippen molar-refractivity contribution < 1.29 is 0 Å². The van der Waals surface area contributed by atoms with Crippen LogP contribution in [-0.2, 0) is 0 Å².